The molecule has 1 amide bonds. The lowest BCUT2D eigenvalue weighted by Gasteiger charge is -2.28. The number of hydrogen-bond donors (Lipinski definition) is 1. The van der Waals surface area contributed by atoms with Crippen LogP contribution in [0.4, 0.5) is 0 Å². The predicted octanol–water partition coefficient (Wildman–Crippen LogP) is 2.04. The Bertz CT molecular complexity index is 604. The molecule has 116 valence electrons. The van der Waals surface area contributed by atoms with Crippen LogP contribution in [-0.4, -0.2) is 26.3 Å². The predicted molar refractivity (Wildman–Crippen MR) is 81.0 cm³/mol. The zero-order chi connectivity index (χ0) is 15.6. The van der Waals surface area contributed by atoms with Crippen molar-refractivity contribution in [2.24, 2.45) is 11.1 Å². The lowest BCUT2D eigenvalue weighted by Crippen LogP contribution is -2.34. The number of benzene rings is 1. The van der Waals surface area contributed by atoms with Crippen LogP contribution in [0.3, 0.4) is 0 Å². The van der Waals surface area contributed by atoms with Crippen LogP contribution in [-0.2, 0) is 14.8 Å². The van der Waals surface area contributed by atoms with Gasteiger partial charge in [-0.15, -0.1) is 0 Å². The normalized spacial score (nSPS) is 17.7. The Kier molecular flexibility index (Phi) is 4.68. The fraction of sp³-hybridized carbons (Fsp3) is 0.533. The van der Waals surface area contributed by atoms with Crippen molar-refractivity contribution < 1.29 is 13.2 Å². The number of sulfonamides is 1. The summed E-state index contributed by atoms with van der Waals surface area (Å²) < 4.78 is 22.5. The molecule has 0 heterocycles. The number of nitrogens with two attached hydrogens (primary N) is 1. The van der Waals surface area contributed by atoms with E-state index in [2.05, 4.69) is 0 Å². The zero-order valence-corrected chi connectivity index (χ0v) is 13.3. The number of carbonyl (C=O) groups excluding carboxylic acids is 1. The maximum Gasteiger partial charge on any atom is 0.238 e. The molecule has 0 aliphatic heterocycles. The second-order valence-corrected chi connectivity index (χ2v) is 7.28. The smallest absolute Gasteiger partial charge is 0.238 e. The standard InChI is InChI=1S/C15H22N2O3S/c1-11(17(2)15(18)13-5-3-4-6-13)12-7-9-14(10-8-12)21(16,19)20/h7-11,13H,3-6H2,1-2H3,(H2,16,19,20)/t11-/m1/s1. The molecule has 0 spiro atoms. The van der Waals surface area contributed by atoms with Gasteiger partial charge in [-0.2, -0.15) is 0 Å². The summed E-state index contributed by atoms with van der Waals surface area (Å²) in [7, 11) is -1.87. The van der Waals surface area contributed by atoms with Gasteiger partial charge in [0.1, 0.15) is 0 Å². The van der Waals surface area contributed by atoms with Gasteiger partial charge in [-0.25, -0.2) is 13.6 Å². The fourth-order valence-electron chi connectivity index (χ4n) is 2.81. The van der Waals surface area contributed by atoms with Gasteiger partial charge >= 0.3 is 0 Å². The highest BCUT2D eigenvalue weighted by Gasteiger charge is 2.28. The molecule has 0 aromatic heterocycles. The highest BCUT2D eigenvalue weighted by Crippen LogP contribution is 2.29. The Hall–Kier alpha value is -1.40. The summed E-state index contributed by atoms with van der Waals surface area (Å²) in [5, 5.41) is 5.08. The maximum absolute atomic E-state index is 12.4. The van der Waals surface area contributed by atoms with E-state index < -0.39 is 10.0 Å². The van der Waals surface area contributed by atoms with Gasteiger partial charge in [0.05, 0.1) is 10.9 Å². The number of hydrogen-bond acceptors (Lipinski definition) is 3. The van der Waals surface area contributed by atoms with E-state index in [1.165, 1.54) is 12.1 Å². The van der Waals surface area contributed by atoms with Crippen molar-refractivity contribution in [1.82, 2.24) is 4.90 Å². The molecule has 1 aliphatic rings. The highest BCUT2D eigenvalue weighted by atomic mass is 32.2. The van der Waals surface area contributed by atoms with Crippen LogP contribution in [0.25, 0.3) is 0 Å². The van der Waals surface area contributed by atoms with Gasteiger partial charge < -0.3 is 4.90 Å². The average molecular weight is 310 g/mol. The molecule has 21 heavy (non-hydrogen) atoms. The number of nitrogens with zero attached hydrogens (tertiary/aromatic N) is 1. The molecule has 0 saturated heterocycles. The SMILES string of the molecule is C[C@H](c1ccc(S(N)(=O)=O)cc1)N(C)C(=O)C1CCCC1. The third-order valence-electron chi connectivity index (χ3n) is 4.32. The van der Waals surface area contributed by atoms with Crippen LogP contribution in [0.1, 0.15) is 44.2 Å². The van der Waals surface area contributed by atoms with E-state index in [-0.39, 0.29) is 22.8 Å². The van der Waals surface area contributed by atoms with Crippen LogP contribution in [0.15, 0.2) is 29.2 Å². The van der Waals surface area contributed by atoms with E-state index in [1.54, 1.807) is 24.1 Å². The van der Waals surface area contributed by atoms with Gasteiger partial charge in [-0.1, -0.05) is 25.0 Å². The lowest BCUT2D eigenvalue weighted by molar-refractivity contribution is -0.135. The minimum Gasteiger partial charge on any atom is -0.339 e. The number of rotatable bonds is 4. The molecule has 1 fully saturated rings. The molecule has 0 bridgehead atoms. The molecule has 0 unspecified atom stereocenters. The summed E-state index contributed by atoms with van der Waals surface area (Å²) in [6.45, 7) is 1.94. The molecule has 2 N–H and O–H groups in total. The van der Waals surface area contributed by atoms with Crippen LogP contribution in [0, 0.1) is 5.92 Å². The summed E-state index contributed by atoms with van der Waals surface area (Å²) in [4.78, 5) is 14.2. The summed E-state index contributed by atoms with van der Waals surface area (Å²) >= 11 is 0. The number of carbonyl (C=O) groups is 1. The van der Waals surface area contributed by atoms with Gasteiger partial charge in [0.15, 0.2) is 0 Å². The minimum atomic E-state index is -3.68. The minimum absolute atomic E-state index is 0.0863. The van der Waals surface area contributed by atoms with Gasteiger partial charge in [0.2, 0.25) is 15.9 Å². The lowest BCUT2D eigenvalue weighted by atomic mass is 10.0. The molecular weight excluding hydrogens is 288 g/mol. The van der Waals surface area contributed by atoms with Gasteiger partial charge in [-0.3, -0.25) is 4.79 Å². The van der Waals surface area contributed by atoms with Gasteiger partial charge in [0.25, 0.3) is 0 Å². The van der Waals surface area contributed by atoms with E-state index in [0.29, 0.717) is 0 Å². The first-order valence-electron chi connectivity index (χ1n) is 7.20. The number of primary sulfonamides is 1. The molecule has 2 rings (SSSR count). The van der Waals surface area contributed by atoms with Crippen molar-refractivity contribution in [3.05, 3.63) is 29.8 Å². The first kappa shape index (κ1) is 16.0. The Morgan fingerprint density at radius 3 is 2.24 bits per heavy atom. The van der Waals surface area contributed by atoms with E-state index >= 15 is 0 Å². The van der Waals surface area contributed by atoms with E-state index in [0.717, 1.165) is 31.2 Å². The van der Waals surface area contributed by atoms with Gasteiger partial charge in [-0.05, 0) is 37.5 Å². The third kappa shape index (κ3) is 3.63. The van der Waals surface area contributed by atoms with E-state index in [9.17, 15) is 13.2 Å². The van der Waals surface area contributed by atoms with E-state index in [1.807, 2.05) is 6.92 Å². The zero-order valence-electron chi connectivity index (χ0n) is 12.5. The topological polar surface area (TPSA) is 80.5 Å². The third-order valence-corrected chi connectivity index (χ3v) is 5.25. The van der Waals surface area contributed by atoms with Crippen molar-refractivity contribution in [3.8, 4) is 0 Å². The number of amides is 1. The molecule has 0 radical (unpaired) electrons. The second-order valence-electron chi connectivity index (χ2n) is 5.72. The van der Waals surface area contributed by atoms with E-state index in [4.69, 9.17) is 5.14 Å². The largest absolute Gasteiger partial charge is 0.339 e. The quantitative estimate of drug-likeness (QED) is 0.924. The molecule has 6 heteroatoms. The highest BCUT2D eigenvalue weighted by molar-refractivity contribution is 7.89. The maximum atomic E-state index is 12.4. The Morgan fingerprint density at radius 2 is 1.76 bits per heavy atom. The molecule has 5 nitrogen and oxygen atoms in total. The average Bonchev–Trinajstić information content (AvgIpc) is 2.98. The van der Waals surface area contributed by atoms with Crippen LogP contribution in [0.2, 0.25) is 0 Å². The molecule has 1 saturated carbocycles. The second kappa shape index (κ2) is 6.15. The molecule has 1 aromatic carbocycles. The molecule has 1 atom stereocenters. The molecule has 1 aromatic rings. The van der Waals surface area contributed by atoms with Gasteiger partial charge in [0, 0.05) is 13.0 Å². The summed E-state index contributed by atoms with van der Waals surface area (Å²) in [6, 6.07) is 6.29. The first-order valence-corrected chi connectivity index (χ1v) is 8.75. The summed E-state index contributed by atoms with van der Waals surface area (Å²) in [6.07, 6.45) is 4.20. The van der Waals surface area contributed by atoms with Crippen molar-refractivity contribution in [2.75, 3.05) is 7.05 Å². The van der Waals surface area contributed by atoms with Crippen molar-refractivity contribution in [2.45, 2.75) is 43.5 Å². The van der Waals surface area contributed by atoms with Crippen LogP contribution >= 0.6 is 0 Å². The Morgan fingerprint density at radius 1 is 1.24 bits per heavy atom. The van der Waals surface area contributed by atoms with Crippen molar-refractivity contribution in [1.29, 1.82) is 0 Å². The monoisotopic (exact) mass is 310 g/mol. The summed E-state index contributed by atoms with van der Waals surface area (Å²) in [5.41, 5.74) is 0.899. The Labute approximate surface area is 126 Å². The first-order chi connectivity index (χ1) is 9.80. The van der Waals surface area contributed by atoms with Crippen molar-refractivity contribution >= 4 is 15.9 Å². The van der Waals surface area contributed by atoms with Crippen LogP contribution in [0.5, 0.6) is 0 Å². The Balaban J connectivity index is 2.11. The molecule has 1 aliphatic carbocycles. The fourth-order valence-corrected chi connectivity index (χ4v) is 3.33. The van der Waals surface area contributed by atoms with Crippen LogP contribution < -0.4 is 5.14 Å². The summed E-state index contributed by atoms with van der Waals surface area (Å²) in [5.74, 6) is 0.316. The van der Waals surface area contributed by atoms with Crippen molar-refractivity contribution in [3.63, 3.8) is 0 Å². The molecular formula is C15H22N2O3S.